The van der Waals surface area contributed by atoms with Gasteiger partial charge in [0.15, 0.2) is 0 Å². The lowest BCUT2D eigenvalue weighted by molar-refractivity contribution is -0.138. The third-order valence-electron chi connectivity index (χ3n) is 7.34. The van der Waals surface area contributed by atoms with Crippen molar-refractivity contribution in [3.63, 3.8) is 0 Å². The van der Waals surface area contributed by atoms with E-state index in [1.807, 2.05) is 0 Å². The number of nitrogens with one attached hydrogen (secondary N) is 1. The fourth-order valence-corrected chi connectivity index (χ4v) is 5.86. The van der Waals surface area contributed by atoms with Gasteiger partial charge in [-0.1, -0.05) is 59.6 Å². The fourth-order valence-electron chi connectivity index (χ4n) is 5.46. The maximum absolute atomic E-state index is 14.7. The van der Waals surface area contributed by atoms with E-state index in [1.165, 1.54) is 22.0 Å². The number of amides is 2. The fraction of sp³-hybridized carbons (Fsp3) is 0.393. The first-order chi connectivity index (χ1) is 19.0. The maximum Gasteiger partial charge on any atom is 0.252 e. The minimum Gasteiger partial charge on any atom is -0.371 e. The Hall–Kier alpha value is -3.08. The summed E-state index contributed by atoms with van der Waals surface area (Å²) in [5, 5.41) is 15.0. The molecule has 1 saturated carbocycles. The molecule has 1 aromatic carbocycles. The molecule has 2 aromatic rings. The number of hydrogen-bond donors (Lipinski definition) is 2. The number of allylic oxidation sites excluding steroid dienone is 4. The van der Waals surface area contributed by atoms with Crippen LogP contribution >= 0.6 is 23.2 Å². The van der Waals surface area contributed by atoms with E-state index in [9.17, 15) is 27.9 Å². The van der Waals surface area contributed by atoms with Crippen LogP contribution in [0.1, 0.15) is 43.7 Å². The molecule has 2 N–H and O–H groups in total. The minimum absolute atomic E-state index is 0.0918. The van der Waals surface area contributed by atoms with Crippen molar-refractivity contribution in [2.45, 2.75) is 68.6 Å². The van der Waals surface area contributed by atoms with Crippen molar-refractivity contribution in [1.29, 1.82) is 0 Å². The molecule has 1 saturated heterocycles. The lowest BCUT2D eigenvalue weighted by Gasteiger charge is -2.44. The second-order valence-corrected chi connectivity index (χ2v) is 11.0. The highest BCUT2D eigenvalue weighted by atomic mass is 35.5. The molecule has 2 amide bonds. The first-order valence-corrected chi connectivity index (χ1v) is 13.6. The molecule has 4 atom stereocenters. The molecule has 7 nitrogen and oxygen atoms in total. The zero-order valence-corrected chi connectivity index (χ0v) is 22.7. The number of aliphatic hydroxyl groups excluding tert-OH is 1. The average Bonchev–Trinajstić information content (AvgIpc) is 3.27. The molecule has 3 aliphatic rings. The Morgan fingerprint density at radius 3 is 2.60 bits per heavy atom. The van der Waals surface area contributed by atoms with Crippen LogP contribution < -0.4 is 10.2 Å². The summed E-state index contributed by atoms with van der Waals surface area (Å²) in [6.07, 6.45) is 0.570. The van der Waals surface area contributed by atoms with Crippen molar-refractivity contribution in [1.82, 2.24) is 15.2 Å². The molecular formula is C28H27Cl2F3N4O3. The van der Waals surface area contributed by atoms with Crippen LogP contribution in [0, 0.1) is 0 Å². The number of anilines is 1. The van der Waals surface area contributed by atoms with Crippen LogP contribution in [0.25, 0.3) is 0 Å². The molecule has 12 heteroatoms. The predicted octanol–water partition coefficient (Wildman–Crippen LogP) is 5.34. The van der Waals surface area contributed by atoms with Crippen LogP contribution in [0.2, 0.25) is 10.2 Å². The van der Waals surface area contributed by atoms with E-state index in [-0.39, 0.29) is 52.4 Å². The quantitative estimate of drug-likeness (QED) is 0.318. The number of carbonyl (C=O) groups excluding carboxylic acids is 2. The zero-order valence-electron chi connectivity index (χ0n) is 21.2. The smallest absolute Gasteiger partial charge is 0.252 e. The summed E-state index contributed by atoms with van der Waals surface area (Å²) in [5.74, 6) is -3.65. The molecule has 212 valence electrons. The third kappa shape index (κ3) is 5.84. The number of pyridine rings is 1. The normalized spacial score (nSPS) is 23.8. The monoisotopic (exact) mass is 594 g/mol. The molecule has 0 radical (unpaired) electrons. The van der Waals surface area contributed by atoms with Crippen molar-refractivity contribution in [2.75, 3.05) is 4.90 Å². The molecule has 5 rings (SSSR count). The summed E-state index contributed by atoms with van der Waals surface area (Å²) < 4.78 is 41.8. The van der Waals surface area contributed by atoms with Crippen LogP contribution in [0.3, 0.4) is 0 Å². The lowest BCUT2D eigenvalue weighted by atomic mass is 9.87. The topological polar surface area (TPSA) is 85.8 Å². The number of benzene rings is 1. The highest BCUT2D eigenvalue weighted by Gasteiger charge is 2.49. The van der Waals surface area contributed by atoms with Gasteiger partial charge < -0.3 is 15.3 Å². The Morgan fingerprint density at radius 1 is 1.18 bits per heavy atom. The van der Waals surface area contributed by atoms with Crippen LogP contribution in [0.4, 0.5) is 19.0 Å². The van der Waals surface area contributed by atoms with Crippen LogP contribution in [0.5, 0.6) is 0 Å². The van der Waals surface area contributed by atoms with E-state index >= 15 is 0 Å². The zero-order chi connectivity index (χ0) is 28.6. The molecule has 40 heavy (non-hydrogen) atoms. The van der Waals surface area contributed by atoms with Gasteiger partial charge >= 0.3 is 0 Å². The number of aliphatic hydroxyl groups is 1. The molecular weight excluding hydrogens is 568 g/mol. The van der Waals surface area contributed by atoms with E-state index in [0.717, 1.165) is 0 Å². The number of carbonyl (C=O) groups is 2. The molecule has 2 fully saturated rings. The van der Waals surface area contributed by atoms with Crippen LogP contribution in [-0.4, -0.2) is 57.2 Å². The molecule has 2 aliphatic carbocycles. The van der Waals surface area contributed by atoms with E-state index in [2.05, 4.69) is 10.3 Å². The van der Waals surface area contributed by atoms with Crippen molar-refractivity contribution in [3.05, 3.63) is 82.1 Å². The summed E-state index contributed by atoms with van der Waals surface area (Å²) >= 11 is 12.6. The highest BCUT2D eigenvalue weighted by molar-refractivity contribution is 6.31. The van der Waals surface area contributed by atoms with E-state index in [1.54, 1.807) is 48.5 Å². The van der Waals surface area contributed by atoms with Gasteiger partial charge in [-0.15, -0.1) is 0 Å². The summed E-state index contributed by atoms with van der Waals surface area (Å²) in [4.78, 5) is 33.7. The van der Waals surface area contributed by atoms with E-state index in [0.29, 0.717) is 0 Å². The SMILES string of the molecule is O=C(NC1CC(F)(F)C1)[C@@H](c1ccccc1Cl)N(C1=CC=CC(F)C1)C(O)[C@@H]1CCC(=O)N1c1cccc(Cl)n1. The average molecular weight is 595 g/mol. The number of nitrogens with zero attached hydrogens (tertiary/aromatic N) is 3. The molecule has 2 heterocycles. The summed E-state index contributed by atoms with van der Waals surface area (Å²) in [6, 6.07) is 8.21. The molecule has 0 bridgehead atoms. The summed E-state index contributed by atoms with van der Waals surface area (Å²) in [6.45, 7) is 0. The van der Waals surface area contributed by atoms with Gasteiger partial charge in [0, 0.05) is 48.0 Å². The van der Waals surface area contributed by atoms with Gasteiger partial charge in [-0.2, -0.15) is 0 Å². The van der Waals surface area contributed by atoms with Crippen molar-refractivity contribution >= 4 is 40.8 Å². The molecule has 0 spiro atoms. The Labute approximate surface area is 239 Å². The van der Waals surface area contributed by atoms with Crippen LogP contribution in [-0.2, 0) is 9.59 Å². The third-order valence-corrected chi connectivity index (χ3v) is 7.89. The first kappa shape index (κ1) is 28.4. The van der Waals surface area contributed by atoms with Crippen molar-refractivity contribution in [3.8, 4) is 0 Å². The second-order valence-electron chi connectivity index (χ2n) is 10.2. The number of hydrogen-bond acceptors (Lipinski definition) is 5. The molecule has 1 aliphatic heterocycles. The first-order valence-electron chi connectivity index (χ1n) is 12.9. The summed E-state index contributed by atoms with van der Waals surface area (Å²) in [7, 11) is 0. The number of halogens is 5. The minimum atomic E-state index is -2.87. The van der Waals surface area contributed by atoms with Gasteiger partial charge in [-0.25, -0.2) is 18.2 Å². The van der Waals surface area contributed by atoms with Crippen molar-refractivity contribution < 1.29 is 27.9 Å². The highest BCUT2D eigenvalue weighted by Crippen LogP contribution is 2.41. The Morgan fingerprint density at radius 2 is 1.93 bits per heavy atom. The Balaban J connectivity index is 1.57. The van der Waals surface area contributed by atoms with Gasteiger partial charge in [-0.3, -0.25) is 14.5 Å². The number of aromatic nitrogens is 1. The maximum atomic E-state index is 14.7. The van der Waals surface area contributed by atoms with Crippen LogP contribution in [0.15, 0.2) is 66.4 Å². The number of alkyl halides is 3. The Kier molecular flexibility index (Phi) is 8.13. The van der Waals surface area contributed by atoms with Gasteiger partial charge in [-0.05, 0) is 30.7 Å². The standard InChI is InChI=1S/C28H27Cl2F3N4O3/c29-20-8-2-1-7-19(20)25(26(39)34-17-14-28(32,33)15-17)36(18-6-3-5-16(31)13-18)27(40)21-11-12-24(38)37(21)23-10-4-9-22(30)35-23/h1-10,16-17,21,25,27,40H,11-15H2,(H,34,39)/t16?,21-,25+,27?/m0/s1. The van der Waals surface area contributed by atoms with Gasteiger partial charge in [0.05, 0.1) is 6.04 Å². The second kappa shape index (κ2) is 11.4. The number of rotatable bonds is 8. The van der Waals surface area contributed by atoms with Gasteiger partial charge in [0.25, 0.3) is 5.92 Å². The lowest BCUT2D eigenvalue weighted by Crippen LogP contribution is -2.57. The summed E-state index contributed by atoms with van der Waals surface area (Å²) in [5.41, 5.74) is 0.564. The Bertz CT molecular complexity index is 1350. The van der Waals surface area contributed by atoms with Gasteiger partial charge in [0.2, 0.25) is 11.8 Å². The van der Waals surface area contributed by atoms with Crippen molar-refractivity contribution in [2.24, 2.45) is 0 Å². The van der Waals surface area contributed by atoms with Gasteiger partial charge in [0.1, 0.15) is 29.4 Å². The van der Waals surface area contributed by atoms with E-state index in [4.69, 9.17) is 23.2 Å². The largest absolute Gasteiger partial charge is 0.371 e. The predicted molar refractivity (Wildman–Crippen MR) is 145 cm³/mol. The van der Waals surface area contributed by atoms with E-state index < -0.39 is 55.2 Å². The molecule has 2 unspecified atom stereocenters. The molecule has 1 aromatic heterocycles.